The van der Waals surface area contributed by atoms with Crippen molar-refractivity contribution < 1.29 is 0 Å². The van der Waals surface area contributed by atoms with E-state index in [-0.39, 0.29) is 0 Å². The second-order valence-corrected chi connectivity index (χ2v) is 3.99. The van der Waals surface area contributed by atoms with Gasteiger partial charge < -0.3 is 0 Å². The highest BCUT2D eigenvalue weighted by Gasteiger charge is 2.04. The quantitative estimate of drug-likeness (QED) is 0.756. The van der Waals surface area contributed by atoms with E-state index in [1.54, 1.807) is 12.4 Å². The number of rotatable bonds is 0. The minimum Gasteiger partial charge on any atom is -0.261 e. The Balaban J connectivity index is 2.93. The van der Waals surface area contributed by atoms with Crippen molar-refractivity contribution in [3.63, 3.8) is 0 Å². The van der Waals surface area contributed by atoms with E-state index >= 15 is 0 Å². The number of pyridine rings is 1. The molecule has 0 aliphatic heterocycles. The average molecular weight is 324 g/mol. The van der Waals surface area contributed by atoms with E-state index in [0.717, 1.165) is 19.1 Å². The number of aromatic nitrogens is 3. The highest BCUT2D eigenvalue weighted by Crippen LogP contribution is 2.24. The normalized spacial score (nSPS) is 10.7. The van der Waals surface area contributed by atoms with Gasteiger partial charge >= 0.3 is 0 Å². The van der Waals surface area contributed by atoms with Gasteiger partial charge in [-0.15, -0.1) is 0 Å². The van der Waals surface area contributed by atoms with Crippen molar-refractivity contribution in [3.8, 4) is 0 Å². The monoisotopic (exact) mass is 323 g/mol. The van der Waals surface area contributed by atoms with Gasteiger partial charge in [0.05, 0.1) is 16.1 Å². The Morgan fingerprint density at radius 2 is 2.27 bits per heavy atom. The van der Waals surface area contributed by atoms with Crippen molar-refractivity contribution in [2.75, 3.05) is 0 Å². The highest BCUT2D eigenvalue weighted by molar-refractivity contribution is 14.1. The average Bonchev–Trinajstić information content (AvgIpc) is 2.45. The van der Waals surface area contributed by atoms with E-state index in [0.29, 0.717) is 0 Å². The summed E-state index contributed by atoms with van der Waals surface area (Å²) in [5.74, 6) is 0. The first-order chi connectivity index (χ1) is 5.29. The van der Waals surface area contributed by atoms with Gasteiger partial charge in [0, 0.05) is 9.77 Å². The zero-order valence-electron chi connectivity index (χ0n) is 5.31. The first-order valence-corrected chi connectivity index (χ1v) is 4.79. The van der Waals surface area contributed by atoms with Gasteiger partial charge in [-0.3, -0.25) is 5.10 Å². The summed E-state index contributed by atoms with van der Waals surface area (Å²) in [6.45, 7) is 0. The Hall–Kier alpha value is -0.170. The molecule has 56 valence electrons. The Morgan fingerprint density at radius 1 is 1.45 bits per heavy atom. The summed E-state index contributed by atoms with van der Waals surface area (Å²) in [7, 11) is 0. The summed E-state index contributed by atoms with van der Waals surface area (Å²) < 4.78 is 2.15. The third-order valence-corrected chi connectivity index (χ3v) is 3.88. The van der Waals surface area contributed by atoms with Crippen molar-refractivity contribution >= 4 is 49.6 Å². The fraction of sp³-hybridized carbons (Fsp3) is 0. The number of hydrogen-bond acceptors (Lipinski definition) is 2. The smallest absolute Gasteiger partial charge is 0.156 e. The first-order valence-electron chi connectivity index (χ1n) is 2.92. The predicted octanol–water partition coefficient (Wildman–Crippen LogP) is 2.33. The SMILES string of the molecule is Brc1cnc2[nH]ncc2c1I. The van der Waals surface area contributed by atoms with Crippen LogP contribution in [0.2, 0.25) is 0 Å². The Morgan fingerprint density at radius 3 is 3.09 bits per heavy atom. The zero-order chi connectivity index (χ0) is 7.84. The fourth-order valence-corrected chi connectivity index (χ4v) is 1.69. The molecule has 0 bridgehead atoms. The number of H-pyrrole nitrogens is 1. The number of halogens is 2. The van der Waals surface area contributed by atoms with Crippen molar-refractivity contribution in [3.05, 3.63) is 20.4 Å². The maximum Gasteiger partial charge on any atom is 0.156 e. The number of nitrogens with zero attached hydrogens (tertiary/aromatic N) is 2. The first kappa shape index (κ1) is 7.48. The summed E-state index contributed by atoms with van der Waals surface area (Å²) in [5, 5.41) is 7.75. The molecule has 3 nitrogen and oxygen atoms in total. The Labute approximate surface area is 84.9 Å². The molecule has 0 aliphatic rings. The van der Waals surface area contributed by atoms with Crippen LogP contribution >= 0.6 is 38.5 Å². The summed E-state index contributed by atoms with van der Waals surface area (Å²) in [4.78, 5) is 4.13. The van der Waals surface area contributed by atoms with E-state index in [2.05, 4.69) is 53.7 Å². The van der Waals surface area contributed by atoms with Crippen molar-refractivity contribution in [1.29, 1.82) is 0 Å². The van der Waals surface area contributed by atoms with Gasteiger partial charge in [0.25, 0.3) is 0 Å². The minimum absolute atomic E-state index is 0.831. The molecular formula is C6H3BrIN3. The van der Waals surface area contributed by atoms with E-state index in [1.807, 2.05) is 0 Å². The molecule has 1 N–H and O–H groups in total. The summed E-state index contributed by atoms with van der Waals surface area (Å²) in [5.41, 5.74) is 0.831. The zero-order valence-corrected chi connectivity index (χ0v) is 9.05. The molecular weight excluding hydrogens is 321 g/mol. The molecule has 5 heteroatoms. The van der Waals surface area contributed by atoms with Gasteiger partial charge in [-0.2, -0.15) is 5.10 Å². The van der Waals surface area contributed by atoms with Gasteiger partial charge in [-0.05, 0) is 38.5 Å². The van der Waals surface area contributed by atoms with Crippen LogP contribution < -0.4 is 0 Å². The molecule has 11 heavy (non-hydrogen) atoms. The molecule has 0 radical (unpaired) electrons. The number of aromatic amines is 1. The van der Waals surface area contributed by atoms with Crippen LogP contribution in [0.3, 0.4) is 0 Å². The van der Waals surface area contributed by atoms with Crippen LogP contribution in [0.15, 0.2) is 16.9 Å². The lowest BCUT2D eigenvalue weighted by atomic mass is 10.4. The summed E-state index contributed by atoms with van der Waals surface area (Å²) in [6, 6.07) is 0. The van der Waals surface area contributed by atoms with E-state index in [4.69, 9.17) is 0 Å². The molecule has 0 amide bonds. The second-order valence-electron chi connectivity index (χ2n) is 2.05. The molecule has 0 atom stereocenters. The number of nitrogens with one attached hydrogen (secondary N) is 1. The van der Waals surface area contributed by atoms with Crippen LogP contribution in [0.1, 0.15) is 0 Å². The number of hydrogen-bond donors (Lipinski definition) is 1. The van der Waals surface area contributed by atoms with Crippen LogP contribution in [0.4, 0.5) is 0 Å². The lowest BCUT2D eigenvalue weighted by Crippen LogP contribution is -1.80. The van der Waals surface area contributed by atoms with Gasteiger partial charge in [0.15, 0.2) is 5.65 Å². The van der Waals surface area contributed by atoms with E-state index in [9.17, 15) is 0 Å². The van der Waals surface area contributed by atoms with Crippen LogP contribution in [0, 0.1) is 3.57 Å². The van der Waals surface area contributed by atoms with Crippen LogP contribution in [0.25, 0.3) is 11.0 Å². The van der Waals surface area contributed by atoms with Gasteiger partial charge in [-0.1, -0.05) is 0 Å². The topological polar surface area (TPSA) is 41.6 Å². The van der Waals surface area contributed by atoms with Gasteiger partial charge in [0.2, 0.25) is 0 Å². The Bertz CT molecular complexity index is 398. The summed E-state index contributed by atoms with van der Waals surface area (Å²) >= 11 is 5.64. The van der Waals surface area contributed by atoms with Gasteiger partial charge in [-0.25, -0.2) is 4.98 Å². The van der Waals surface area contributed by atoms with Crippen LogP contribution in [-0.2, 0) is 0 Å². The predicted molar refractivity (Wildman–Crippen MR) is 54.3 cm³/mol. The van der Waals surface area contributed by atoms with Gasteiger partial charge in [0.1, 0.15) is 0 Å². The molecule has 0 fully saturated rings. The van der Waals surface area contributed by atoms with Crippen LogP contribution in [-0.4, -0.2) is 15.2 Å². The lowest BCUT2D eigenvalue weighted by Gasteiger charge is -1.94. The van der Waals surface area contributed by atoms with Crippen molar-refractivity contribution in [2.24, 2.45) is 0 Å². The maximum absolute atomic E-state index is 4.13. The summed E-state index contributed by atoms with van der Waals surface area (Å²) in [6.07, 6.45) is 3.54. The minimum atomic E-state index is 0.831. The molecule has 0 saturated heterocycles. The number of fused-ring (bicyclic) bond motifs is 1. The molecule has 2 rings (SSSR count). The molecule has 0 unspecified atom stereocenters. The van der Waals surface area contributed by atoms with Crippen molar-refractivity contribution in [1.82, 2.24) is 15.2 Å². The largest absolute Gasteiger partial charge is 0.261 e. The highest BCUT2D eigenvalue weighted by atomic mass is 127. The fourth-order valence-electron chi connectivity index (χ4n) is 0.845. The standard InChI is InChI=1S/C6H3BrIN3/c7-4-2-9-6-3(5(4)8)1-10-11-6/h1-2H,(H,9,10,11). The maximum atomic E-state index is 4.13. The third kappa shape index (κ3) is 1.16. The lowest BCUT2D eigenvalue weighted by molar-refractivity contribution is 1.10. The Kier molecular flexibility index (Phi) is 1.84. The molecule has 2 aromatic rings. The van der Waals surface area contributed by atoms with Crippen molar-refractivity contribution in [2.45, 2.75) is 0 Å². The molecule has 0 spiro atoms. The molecule has 2 heterocycles. The van der Waals surface area contributed by atoms with E-state index < -0.39 is 0 Å². The third-order valence-electron chi connectivity index (χ3n) is 1.37. The van der Waals surface area contributed by atoms with Crippen LogP contribution in [0.5, 0.6) is 0 Å². The molecule has 0 aliphatic carbocycles. The molecule has 0 aromatic carbocycles. The van der Waals surface area contributed by atoms with E-state index in [1.165, 1.54) is 0 Å². The second kappa shape index (κ2) is 2.71. The molecule has 0 saturated carbocycles. The molecule has 2 aromatic heterocycles.